The molecular formula is C23H21N3O4. The first-order valence-corrected chi connectivity index (χ1v) is 9.54. The van der Waals surface area contributed by atoms with Gasteiger partial charge in [0, 0.05) is 12.2 Å². The van der Waals surface area contributed by atoms with E-state index in [1.54, 1.807) is 41.3 Å². The van der Waals surface area contributed by atoms with Gasteiger partial charge in [-0.15, -0.1) is 0 Å². The molecule has 0 spiro atoms. The third-order valence-electron chi connectivity index (χ3n) is 4.76. The van der Waals surface area contributed by atoms with Crippen LogP contribution in [-0.2, 0) is 0 Å². The third-order valence-corrected chi connectivity index (χ3v) is 4.76. The lowest BCUT2D eigenvalue weighted by Crippen LogP contribution is -2.30. The van der Waals surface area contributed by atoms with E-state index in [1.807, 2.05) is 37.3 Å². The molecule has 0 fully saturated rings. The summed E-state index contributed by atoms with van der Waals surface area (Å²) in [5.41, 5.74) is 2.10. The zero-order valence-corrected chi connectivity index (χ0v) is 16.6. The van der Waals surface area contributed by atoms with Crippen molar-refractivity contribution >= 4 is 29.0 Å². The quantitative estimate of drug-likeness (QED) is 0.634. The summed E-state index contributed by atoms with van der Waals surface area (Å²) in [7, 11) is 1.54. The standard InChI is InChI=1S/C23H21N3O4/c1-3-26-18-9-5-7-11-21(18)30-19-13-12-15(14-16(19)22(26)27)24-23(28)25-17-8-4-6-10-20(17)29-2/h4-14H,3H2,1-2H3,(H2,24,25,28). The van der Waals surface area contributed by atoms with Gasteiger partial charge in [-0.3, -0.25) is 4.79 Å². The van der Waals surface area contributed by atoms with Crippen LogP contribution in [0.3, 0.4) is 0 Å². The van der Waals surface area contributed by atoms with Crippen LogP contribution in [-0.4, -0.2) is 25.6 Å². The highest BCUT2D eigenvalue weighted by molar-refractivity contribution is 6.10. The number of nitrogens with zero attached hydrogens (tertiary/aromatic N) is 1. The minimum Gasteiger partial charge on any atom is -0.495 e. The van der Waals surface area contributed by atoms with Crippen molar-refractivity contribution in [3.63, 3.8) is 0 Å². The average molecular weight is 403 g/mol. The molecule has 1 aliphatic heterocycles. The number of amides is 3. The molecule has 4 rings (SSSR count). The van der Waals surface area contributed by atoms with Crippen LogP contribution >= 0.6 is 0 Å². The summed E-state index contributed by atoms with van der Waals surface area (Å²) < 4.78 is 11.2. The van der Waals surface area contributed by atoms with E-state index in [2.05, 4.69) is 10.6 Å². The fourth-order valence-electron chi connectivity index (χ4n) is 3.35. The lowest BCUT2D eigenvalue weighted by Gasteiger charge is -2.19. The Bertz CT molecular complexity index is 1110. The van der Waals surface area contributed by atoms with Crippen LogP contribution in [0.2, 0.25) is 0 Å². The predicted molar refractivity (Wildman–Crippen MR) is 116 cm³/mol. The number of anilines is 3. The van der Waals surface area contributed by atoms with Crippen molar-refractivity contribution in [1.82, 2.24) is 0 Å². The van der Waals surface area contributed by atoms with Crippen LogP contribution in [0.5, 0.6) is 17.2 Å². The van der Waals surface area contributed by atoms with Crippen LogP contribution in [0.25, 0.3) is 0 Å². The highest BCUT2D eigenvalue weighted by atomic mass is 16.5. The number of para-hydroxylation sites is 4. The molecule has 0 unspecified atom stereocenters. The van der Waals surface area contributed by atoms with E-state index in [1.165, 1.54) is 7.11 Å². The lowest BCUT2D eigenvalue weighted by atomic mass is 10.1. The van der Waals surface area contributed by atoms with Crippen molar-refractivity contribution in [2.24, 2.45) is 0 Å². The molecule has 2 N–H and O–H groups in total. The van der Waals surface area contributed by atoms with Gasteiger partial charge >= 0.3 is 6.03 Å². The Morgan fingerprint density at radius 1 is 1.00 bits per heavy atom. The number of rotatable bonds is 4. The number of methoxy groups -OCH3 is 1. The number of carbonyl (C=O) groups is 2. The van der Waals surface area contributed by atoms with Gasteiger partial charge in [0.15, 0.2) is 5.75 Å². The second-order valence-electron chi connectivity index (χ2n) is 6.61. The monoisotopic (exact) mass is 403 g/mol. The zero-order valence-electron chi connectivity index (χ0n) is 16.6. The van der Waals surface area contributed by atoms with Crippen LogP contribution in [0.4, 0.5) is 21.9 Å². The van der Waals surface area contributed by atoms with Gasteiger partial charge in [0.25, 0.3) is 5.91 Å². The summed E-state index contributed by atoms with van der Waals surface area (Å²) in [4.78, 5) is 27.3. The molecule has 0 bridgehead atoms. The van der Waals surface area contributed by atoms with Crippen LogP contribution in [0.1, 0.15) is 17.3 Å². The number of urea groups is 1. The van der Waals surface area contributed by atoms with Crippen molar-refractivity contribution in [1.29, 1.82) is 0 Å². The van der Waals surface area contributed by atoms with Crippen molar-refractivity contribution in [3.05, 3.63) is 72.3 Å². The Balaban J connectivity index is 1.59. The number of ether oxygens (including phenoxy) is 2. The highest BCUT2D eigenvalue weighted by Crippen LogP contribution is 2.39. The summed E-state index contributed by atoms with van der Waals surface area (Å²) in [5.74, 6) is 1.42. The minimum absolute atomic E-state index is 0.189. The third kappa shape index (κ3) is 3.65. The lowest BCUT2D eigenvalue weighted by molar-refractivity contribution is 0.0988. The maximum atomic E-state index is 13.1. The molecule has 0 atom stereocenters. The van der Waals surface area contributed by atoms with Gasteiger partial charge in [0.1, 0.15) is 11.5 Å². The summed E-state index contributed by atoms with van der Waals surface area (Å²) in [6.07, 6.45) is 0. The number of nitrogens with one attached hydrogen (secondary N) is 2. The zero-order chi connectivity index (χ0) is 21.1. The normalized spacial score (nSPS) is 12.2. The smallest absolute Gasteiger partial charge is 0.323 e. The van der Waals surface area contributed by atoms with Gasteiger partial charge in [0.2, 0.25) is 0 Å². The Kier molecular flexibility index (Phi) is 5.26. The molecule has 152 valence electrons. The predicted octanol–water partition coefficient (Wildman–Crippen LogP) is 5.11. The van der Waals surface area contributed by atoms with Gasteiger partial charge in [-0.1, -0.05) is 24.3 Å². The molecule has 7 heteroatoms. The SMILES string of the molecule is CCN1C(=O)c2cc(NC(=O)Nc3ccccc3OC)ccc2Oc2ccccc21. The molecule has 7 nitrogen and oxygen atoms in total. The van der Waals surface area contributed by atoms with Crippen molar-refractivity contribution in [3.8, 4) is 17.2 Å². The maximum Gasteiger partial charge on any atom is 0.323 e. The van der Waals surface area contributed by atoms with Crippen molar-refractivity contribution in [2.45, 2.75) is 6.92 Å². The molecule has 1 heterocycles. The van der Waals surface area contributed by atoms with E-state index < -0.39 is 6.03 Å². The van der Waals surface area contributed by atoms with E-state index in [0.717, 1.165) is 0 Å². The second kappa shape index (κ2) is 8.16. The van der Waals surface area contributed by atoms with Gasteiger partial charge < -0.3 is 25.0 Å². The minimum atomic E-state index is -0.447. The topological polar surface area (TPSA) is 79.9 Å². The summed E-state index contributed by atoms with van der Waals surface area (Å²) in [6.45, 7) is 2.40. The van der Waals surface area contributed by atoms with Crippen LogP contribution in [0.15, 0.2) is 66.7 Å². The number of carbonyl (C=O) groups excluding carboxylic acids is 2. The van der Waals surface area contributed by atoms with Crippen molar-refractivity contribution in [2.75, 3.05) is 29.2 Å². The number of hydrogen-bond donors (Lipinski definition) is 2. The Labute approximate surface area is 174 Å². The van der Waals surface area contributed by atoms with Gasteiger partial charge in [-0.25, -0.2) is 4.79 Å². The van der Waals surface area contributed by atoms with E-state index in [4.69, 9.17) is 9.47 Å². The first-order valence-electron chi connectivity index (χ1n) is 9.54. The van der Waals surface area contributed by atoms with E-state index >= 15 is 0 Å². The molecule has 0 saturated heterocycles. The maximum absolute atomic E-state index is 13.1. The van der Waals surface area contributed by atoms with Crippen molar-refractivity contribution < 1.29 is 19.1 Å². The first kappa shape index (κ1) is 19.3. The second-order valence-corrected chi connectivity index (χ2v) is 6.61. The number of benzene rings is 3. The van der Waals surface area contributed by atoms with Gasteiger partial charge in [0.05, 0.1) is 24.0 Å². The van der Waals surface area contributed by atoms with E-state index in [9.17, 15) is 9.59 Å². The molecule has 1 aliphatic rings. The number of hydrogen-bond acceptors (Lipinski definition) is 4. The Morgan fingerprint density at radius 2 is 1.77 bits per heavy atom. The molecule has 3 aromatic rings. The van der Waals surface area contributed by atoms with Crippen LogP contribution < -0.4 is 25.0 Å². The molecular weight excluding hydrogens is 382 g/mol. The molecule has 0 radical (unpaired) electrons. The summed E-state index contributed by atoms with van der Waals surface area (Å²) in [5, 5.41) is 5.50. The molecule has 0 aromatic heterocycles. The summed E-state index contributed by atoms with van der Waals surface area (Å²) >= 11 is 0. The largest absolute Gasteiger partial charge is 0.495 e. The molecule has 3 amide bonds. The first-order chi connectivity index (χ1) is 14.6. The number of fused-ring (bicyclic) bond motifs is 2. The highest BCUT2D eigenvalue weighted by Gasteiger charge is 2.27. The molecule has 3 aromatic carbocycles. The average Bonchev–Trinajstić information content (AvgIpc) is 2.87. The van der Waals surface area contributed by atoms with Crippen LogP contribution in [0, 0.1) is 0 Å². The van der Waals surface area contributed by atoms with E-state index in [-0.39, 0.29) is 5.91 Å². The fraction of sp³-hybridized carbons (Fsp3) is 0.130. The van der Waals surface area contributed by atoms with Gasteiger partial charge in [-0.2, -0.15) is 0 Å². The molecule has 30 heavy (non-hydrogen) atoms. The van der Waals surface area contributed by atoms with Gasteiger partial charge in [-0.05, 0) is 49.4 Å². The summed E-state index contributed by atoms with van der Waals surface area (Å²) in [6, 6.07) is 19.1. The van der Waals surface area contributed by atoms with E-state index in [0.29, 0.717) is 46.4 Å². The molecule has 0 saturated carbocycles. The fourth-order valence-corrected chi connectivity index (χ4v) is 3.35. The Hall–Kier alpha value is -4.00. The Morgan fingerprint density at radius 3 is 2.57 bits per heavy atom. The molecule has 0 aliphatic carbocycles.